The van der Waals surface area contributed by atoms with Gasteiger partial charge >= 0.3 is 0 Å². The van der Waals surface area contributed by atoms with Gasteiger partial charge in [-0.25, -0.2) is 9.72 Å². The van der Waals surface area contributed by atoms with Crippen LogP contribution in [0, 0.1) is 5.21 Å². The van der Waals surface area contributed by atoms with Crippen molar-refractivity contribution in [3.05, 3.63) is 57.7 Å². The van der Waals surface area contributed by atoms with Crippen molar-refractivity contribution < 1.29 is 4.74 Å². The summed E-state index contributed by atoms with van der Waals surface area (Å²) in [5, 5.41) is 12.5. The van der Waals surface area contributed by atoms with Crippen LogP contribution in [0.2, 0.25) is 10.0 Å². The normalized spacial score (nSPS) is 12.4. The van der Waals surface area contributed by atoms with Gasteiger partial charge in [-0.15, -0.1) is 0 Å². The third-order valence-electron chi connectivity index (χ3n) is 2.52. The summed E-state index contributed by atoms with van der Waals surface area (Å²) >= 11 is 11.8. The molecule has 0 saturated heterocycles. The molecule has 94 valence electrons. The van der Waals surface area contributed by atoms with E-state index < -0.39 is 0 Å². The first-order valence-electron chi connectivity index (χ1n) is 5.26. The first-order chi connectivity index (χ1) is 8.58. The lowest BCUT2D eigenvalue weighted by molar-refractivity contribution is -0.423. The van der Waals surface area contributed by atoms with Crippen molar-refractivity contribution in [2.24, 2.45) is 0 Å². The molecule has 2 aromatic rings. The Morgan fingerprint density at radius 2 is 2.17 bits per heavy atom. The molecular weight excluding hydrogens is 273 g/mol. The zero-order valence-corrected chi connectivity index (χ0v) is 11.2. The smallest absolute Gasteiger partial charge is 0.214 e. The number of hydroxylamine groups is 1. The van der Waals surface area contributed by atoms with Crippen LogP contribution in [0.15, 0.2) is 36.9 Å². The van der Waals surface area contributed by atoms with E-state index in [1.165, 1.54) is 7.05 Å². The lowest BCUT2D eigenvalue weighted by Gasteiger charge is -2.09. The van der Waals surface area contributed by atoms with Crippen LogP contribution in [0.1, 0.15) is 5.56 Å². The second-order valence-corrected chi connectivity index (χ2v) is 4.62. The van der Waals surface area contributed by atoms with Crippen LogP contribution in [0.3, 0.4) is 0 Å². The summed E-state index contributed by atoms with van der Waals surface area (Å²) in [4.78, 5) is 3.94. The molecule has 4 nitrogen and oxygen atoms in total. The molecule has 0 aliphatic rings. The number of halogens is 2. The van der Waals surface area contributed by atoms with E-state index in [0.717, 1.165) is 10.3 Å². The third-order valence-corrected chi connectivity index (χ3v) is 3.26. The lowest BCUT2D eigenvalue weighted by Crippen LogP contribution is -2.19. The van der Waals surface area contributed by atoms with Crippen molar-refractivity contribution in [2.75, 3.05) is 7.05 Å². The molecule has 2 rings (SSSR count). The Morgan fingerprint density at radius 1 is 1.39 bits per heavy atom. The van der Waals surface area contributed by atoms with E-state index in [4.69, 9.17) is 23.2 Å². The SMILES string of the molecule is C[N+]([O-])=C(Cn1ccnc1)c1ccc(Cl)c(Cl)c1. The molecule has 0 amide bonds. The maximum atomic E-state index is 11.6. The van der Waals surface area contributed by atoms with E-state index in [1.54, 1.807) is 36.9 Å². The molecule has 0 unspecified atom stereocenters. The van der Waals surface area contributed by atoms with Crippen LogP contribution < -0.4 is 0 Å². The molecule has 0 fully saturated rings. The summed E-state index contributed by atoms with van der Waals surface area (Å²) < 4.78 is 2.63. The minimum atomic E-state index is 0.429. The summed E-state index contributed by atoms with van der Waals surface area (Å²) in [6.45, 7) is 0.429. The summed E-state index contributed by atoms with van der Waals surface area (Å²) in [6.07, 6.45) is 5.11. The number of hydrogen-bond acceptors (Lipinski definition) is 2. The Kier molecular flexibility index (Phi) is 3.89. The summed E-state index contributed by atoms with van der Waals surface area (Å²) in [7, 11) is 1.45. The Hall–Kier alpha value is -1.52. The number of aromatic nitrogens is 2. The van der Waals surface area contributed by atoms with E-state index in [1.807, 2.05) is 4.57 Å². The Morgan fingerprint density at radius 3 is 2.72 bits per heavy atom. The van der Waals surface area contributed by atoms with Gasteiger partial charge in [0.25, 0.3) is 0 Å². The summed E-state index contributed by atoms with van der Waals surface area (Å²) in [5.74, 6) is 0. The number of nitrogens with zero attached hydrogens (tertiary/aromatic N) is 3. The van der Waals surface area contributed by atoms with E-state index in [9.17, 15) is 5.21 Å². The lowest BCUT2D eigenvalue weighted by atomic mass is 10.1. The van der Waals surface area contributed by atoms with Crippen molar-refractivity contribution in [3.8, 4) is 0 Å². The fourth-order valence-corrected chi connectivity index (χ4v) is 1.90. The molecule has 0 N–H and O–H groups in total. The van der Waals surface area contributed by atoms with Crippen molar-refractivity contribution in [3.63, 3.8) is 0 Å². The molecule has 6 heteroatoms. The second kappa shape index (κ2) is 5.42. The van der Waals surface area contributed by atoms with E-state index >= 15 is 0 Å². The predicted molar refractivity (Wildman–Crippen MR) is 72.3 cm³/mol. The first-order valence-corrected chi connectivity index (χ1v) is 6.01. The molecular formula is C12H11Cl2N3O. The fraction of sp³-hybridized carbons (Fsp3) is 0.167. The topological polar surface area (TPSA) is 43.9 Å². The van der Waals surface area contributed by atoms with Gasteiger partial charge in [-0.2, -0.15) is 0 Å². The van der Waals surface area contributed by atoms with Crippen LogP contribution in [-0.4, -0.2) is 27.0 Å². The van der Waals surface area contributed by atoms with Crippen LogP contribution in [0.25, 0.3) is 0 Å². The van der Waals surface area contributed by atoms with Crippen molar-refractivity contribution in [2.45, 2.75) is 6.54 Å². The molecule has 0 saturated carbocycles. The average Bonchev–Trinajstić information content (AvgIpc) is 2.82. The largest absolute Gasteiger partial charge is 0.624 e. The van der Waals surface area contributed by atoms with Crippen LogP contribution in [0.4, 0.5) is 0 Å². The van der Waals surface area contributed by atoms with Crippen molar-refractivity contribution in [1.82, 2.24) is 9.55 Å². The fourth-order valence-electron chi connectivity index (χ4n) is 1.60. The predicted octanol–water partition coefficient (Wildman–Crippen LogP) is 2.82. The minimum absolute atomic E-state index is 0.429. The molecule has 1 aromatic heterocycles. The van der Waals surface area contributed by atoms with Gasteiger partial charge in [-0.1, -0.05) is 23.2 Å². The van der Waals surface area contributed by atoms with Crippen LogP contribution >= 0.6 is 23.2 Å². The zero-order valence-electron chi connectivity index (χ0n) is 9.68. The number of hydrogen-bond donors (Lipinski definition) is 0. The molecule has 1 heterocycles. The molecule has 0 aliphatic carbocycles. The Balaban J connectivity index is 2.37. The highest BCUT2D eigenvalue weighted by atomic mass is 35.5. The maximum Gasteiger partial charge on any atom is 0.214 e. The van der Waals surface area contributed by atoms with E-state index in [2.05, 4.69) is 4.98 Å². The number of benzene rings is 1. The molecule has 0 aliphatic heterocycles. The molecule has 18 heavy (non-hydrogen) atoms. The monoisotopic (exact) mass is 283 g/mol. The van der Waals surface area contributed by atoms with Crippen LogP contribution in [-0.2, 0) is 6.54 Å². The quantitative estimate of drug-likeness (QED) is 0.376. The minimum Gasteiger partial charge on any atom is -0.624 e. The van der Waals surface area contributed by atoms with Gasteiger partial charge in [-0.3, -0.25) is 0 Å². The number of rotatable bonds is 3. The van der Waals surface area contributed by atoms with E-state index in [0.29, 0.717) is 22.3 Å². The van der Waals surface area contributed by atoms with Crippen molar-refractivity contribution >= 4 is 28.9 Å². The maximum absolute atomic E-state index is 11.6. The Labute approximate surface area is 115 Å². The van der Waals surface area contributed by atoms with Crippen LogP contribution in [0.5, 0.6) is 0 Å². The second-order valence-electron chi connectivity index (χ2n) is 3.81. The number of imidazole rings is 1. The molecule has 1 aromatic carbocycles. The molecule has 0 radical (unpaired) electrons. The summed E-state index contributed by atoms with van der Waals surface area (Å²) in [6, 6.07) is 5.13. The van der Waals surface area contributed by atoms with Gasteiger partial charge < -0.3 is 9.77 Å². The first kappa shape index (κ1) is 12.9. The summed E-state index contributed by atoms with van der Waals surface area (Å²) in [5.41, 5.74) is 1.34. The van der Waals surface area contributed by atoms with Gasteiger partial charge in [-0.05, 0) is 18.2 Å². The Bertz CT molecular complexity index is 575. The third kappa shape index (κ3) is 2.83. The van der Waals surface area contributed by atoms with Crippen molar-refractivity contribution in [1.29, 1.82) is 0 Å². The van der Waals surface area contributed by atoms with Gasteiger partial charge in [0.2, 0.25) is 5.71 Å². The average molecular weight is 284 g/mol. The zero-order chi connectivity index (χ0) is 13.1. The van der Waals surface area contributed by atoms with Gasteiger partial charge in [0.05, 0.1) is 16.4 Å². The highest BCUT2D eigenvalue weighted by molar-refractivity contribution is 6.42. The highest BCUT2D eigenvalue weighted by Gasteiger charge is 2.13. The molecule has 0 bridgehead atoms. The van der Waals surface area contributed by atoms with Gasteiger partial charge in [0.1, 0.15) is 13.6 Å². The standard InChI is InChI=1S/C12H11Cl2N3O/c1-16(18)12(7-17-5-4-15-8-17)9-2-3-10(13)11(14)6-9/h2-6,8H,7H2,1H3. The highest BCUT2D eigenvalue weighted by Crippen LogP contribution is 2.23. The van der Waals surface area contributed by atoms with Gasteiger partial charge in [0.15, 0.2) is 0 Å². The molecule has 0 atom stereocenters. The van der Waals surface area contributed by atoms with E-state index in [-0.39, 0.29) is 0 Å². The molecule has 0 spiro atoms. The van der Waals surface area contributed by atoms with Gasteiger partial charge in [0, 0.05) is 18.0 Å².